The molecule has 4 nitrogen and oxygen atoms in total. The van der Waals surface area contributed by atoms with Crippen LogP contribution in [0.5, 0.6) is 0 Å². The summed E-state index contributed by atoms with van der Waals surface area (Å²) in [6.07, 6.45) is -0.583. The van der Waals surface area contributed by atoms with Crippen LogP contribution in [0.2, 0.25) is 0 Å². The highest BCUT2D eigenvalue weighted by molar-refractivity contribution is 6.18. The maximum absolute atomic E-state index is 8.98. The van der Waals surface area contributed by atoms with Crippen molar-refractivity contribution in [2.45, 2.75) is 6.10 Å². The maximum atomic E-state index is 8.98. The molecule has 0 fully saturated rings. The molecular formula is C8H17ClO4. The molecule has 0 saturated carbocycles. The third-order valence-electron chi connectivity index (χ3n) is 1.29. The van der Waals surface area contributed by atoms with Crippen LogP contribution in [0.3, 0.4) is 0 Å². The average molecular weight is 213 g/mol. The molecule has 0 aromatic rings. The molecule has 0 heterocycles. The number of aliphatic hydroxyl groups excluding tert-OH is 1. The Morgan fingerprint density at radius 1 is 1.15 bits per heavy atom. The second-order valence-corrected chi connectivity index (χ2v) is 2.80. The van der Waals surface area contributed by atoms with E-state index in [0.717, 1.165) is 0 Å². The van der Waals surface area contributed by atoms with E-state index in [-0.39, 0.29) is 12.5 Å². The number of halogens is 1. The van der Waals surface area contributed by atoms with Gasteiger partial charge in [-0.25, -0.2) is 0 Å². The molecule has 0 bridgehead atoms. The minimum Gasteiger partial charge on any atom is -0.389 e. The molecule has 0 aromatic carbocycles. The Morgan fingerprint density at radius 2 is 1.77 bits per heavy atom. The normalized spacial score (nSPS) is 13.2. The summed E-state index contributed by atoms with van der Waals surface area (Å²) < 4.78 is 15.0. The molecule has 13 heavy (non-hydrogen) atoms. The van der Waals surface area contributed by atoms with Gasteiger partial charge in [-0.1, -0.05) is 0 Å². The van der Waals surface area contributed by atoms with Gasteiger partial charge in [-0.15, -0.1) is 11.6 Å². The quantitative estimate of drug-likeness (QED) is 0.440. The topological polar surface area (TPSA) is 47.9 Å². The Kier molecular flexibility index (Phi) is 10.3. The lowest BCUT2D eigenvalue weighted by Gasteiger charge is -2.08. The van der Waals surface area contributed by atoms with Gasteiger partial charge in [0.15, 0.2) is 0 Å². The van der Waals surface area contributed by atoms with E-state index in [1.54, 1.807) is 7.11 Å². The Balaban J connectivity index is 2.91. The van der Waals surface area contributed by atoms with E-state index >= 15 is 0 Å². The van der Waals surface area contributed by atoms with E-state index in [0.29, 0.717) is 26.4 Å². The number of methoxy groups -OCH3 is 1. The molecular weight excluding hydrogens is 196 g/mol. The molecule has 1 N–H and O–H groups in total. The smallest absolute Gasteiger partial charge is 0.0908 e. The molecule has 0 saturated heterocycles. The van der Waals surface area contributed by atoms with Gasteiger partial charge in [0.1, 0.15) is 0 Å². The van der Waals surface area contributed by atoms with Gasteiger partial charge in [0.05, 0.1) is 45.0 Å². The van der Waals surface area contributed by atoms with Crippen LogP contribution < -0.4 is 0 Å². The first-order valence-electron chi connectivity index (χ1n) is 4.19. The molecule has 5 heteroatoms. The van der Waals surface area contributed by atoms with Crippen LogP contribution in [0.15, 0.2) is 0 Å². The van der Waals surface area contributed by atoms with Crippen LogP contribution in [-0.4, -0.2) is 57.2 Å². The molecule has 0 radical (unpaired) electrons. The Hall–Kier alpha value is 0.130. The van der Waals surface area contributed by atoms with E-state index in [1.165, 1.54) is 0 Å². The summed E-state index contributed by atoms with van der Waals surface area (Å²) in [5, 5.41) is 8.98. The van der Waals surface area contributed by atoms with Gasteiger partial charge in [0.2, 0.25) is 0 Å². The van der Waals surface area contributed by atoms with Crippen LogP contribution in [0, 0.1) is 0 Å². The van der Waals surface area contributed by atoms with Crippen LogP contribution in [0.4, 0.5) is 0 Å². The van der Waals surface area contributed by atoms with Crippen molar-refractivity contribution in [3.63, 3.8) is 0 Å². The molecule has 0 aromatic heterocycles. The zero-order chi connectivity index (χ0) is 9.94. The van der Waals surface area contributed by atoms with Crippen molar-refractivity contribution >= 4 is 11.6 Å². The maximum Gasteiger partial charge on any atom is 0.0908 e. The van der Waals surface area contributed by atoms with Gasteiger partial charge in [0, 0.05) is 7.11 Å². The third-order valence-corrected chi connectivity index (χ3v) is 1.65. The van der Waals surface area contributed by atoms with E-state index in [2.05, 4.69) is 0 Å². The highest BCUT2D eigenvalue weighted by Gasteiger charge is 2.00. The fourth-order valence-electron chi connectivity index (χ4n) is 0.626. The first-order valence-corrected chi connectivity index (χ1v) is 4.73. The average Bonchev–Trinajstić information content (AvgIpc) is 2.16. The summed E-state index contributed by atoms with van der Waals surface area (Å²) in [7, 11) is 1.62. The molecule has 0 aliphatic heterocycles. The fraction of sp³-hybridized carbons (Fsp3) is 1.00. The SMILES string of the molecule is COCCOCCOCC(O)CCl. The van der Waals surface area contributed by atoms with Crippen molar-refractivity contribution in [3.05, 3.63) is 0 Å². The Bertz CT molecular complexity index is 102. The predicted octanol–water partition coefficient (Wildman–Crippen LogP) is 0.266. The zero-order valence-electron chi connectivity index (χ0n) is 7.87. The van der Waals surface area contributed by atoms with Gasteiger partial charge in [-0.05, 0) is 0 Å². The molecule has 0 aliphatic rings. The van der Waals surface area contributed by atoms with Crippen molar-refractivity contribution in [1.29, 1.82) is 0 Å². The first-order chi connectivity index (χ1) is 6.31. The lowest BCUT2D eigenvalue weighted by atomic mass is 10.4. The largest absolute Gasteiger partial charge is 0.389 e. The highest BCUT2D eigenvalue weighted by Crippen LogP contribution is 1.89. The highest BCUT2D eigenvalue weighted by atomic mass is 35.5. The molecule has 0 rings (SSSR count). The summed E-state index contributed by atoms with van der Waals surface area (Å²) in [5.41, 5.74) is 0. The second-order valence-electron chi connectivity index (χ2n) is 2.49. The van der Waals surface area contributed by atoms with Crippen molar-refractivity contribution in [2.24, 2.45) is 0 Å². The first kappa shape index (κ1) is 13.1. The van der Waals surface area contributed by atoms with E-state index in [9.17, 15) is 0 Å². The summed E-state index contributed by atoms with van der Waals surface area (Å²) in [5.74, 6) is 0.199. The zero-order valence-corrected chi connectivity index (χ0v) is 8.63. The molecule has 0 spiro atoms. The van der Waals surface area contributed by atoms with Gasteiger partial charge in [-0.2, -0.15) is 0 Å². The van der Waals surface area contributed by atoms with Gasteiger partial charge in [0.25, 0.3) is 0 Å². The summed E-state index contributed by atoms with van der Waals surface area (Å²) >= 11 is 5.36. The minimum absolute atomic E-state index is 0.199. The number of alkyl halides is 1. The van der Waals surface area contributed by atoms with Gasteiger partial charge >= 0.3 is 0 Å². The van der Waals surface area contributed by atoms with Crippen molar-refractivity contribution in [3.8, 4) is 0 Å². The number of hydrogen-bond donors (Lipinski definition) is 1. The molecule has 1 atom stereocenters. The number of hydrogen-bond acceptors (Lipinski definition) is 4. The number of ether oxygens (including phenoxy) is 3. The van der Waals surface area contributed by atoms with Crippen LogP contribution in [-0.2, 0) is 14.2 Å². The van der Waals surface area contributed by atoms with Gasteiger partial charge < -0.3 is 19.3 Å². The van der Waals surface area contributed by atoms with E-state index in [4.69, 9.17) is 30.9 Å². The number of rotatable bonds is 9. The lowest BCUT2D eigenvalue weighted by molar-refractivity contribution is -0.000127. The monoisotopic (exact) mass is 212 g/mol. The molecule has 1 unspecified atom stereocenters. The second kappa shape index (κ2) is 10.2. The van der Waals surface area contributed by atoms with Crippen LogP contribution in [0.25, 0.3) is 0 Å². The molecule has 0 amide bonds. The summed E-state index contributed by atoms with van der Waals surface area (Å²) in [4.78, 5) is 0. The third kappa shape index (κ3) is 10.0. The van der Waals surface area contributed by atoms with E-state index < -0.39 is 6.10 Å². The summed E-state index contributed by atoms with van der Waals surface area (Å²) in [6.45, 7) is 2.40. The fourth-order valence-corrected chi connectivity index (χ4v) is 0.715. The summed E-state index contributed by atoms with van der Waals surface area (Å²) in [6, 6.07) is 0. The Labute approximate surface area is 83.7 Å². The van der Waals surface area contributed by atoms with E-state index in [1.807, 2.05) is 0 Å². The van der Waals surface area contributed by atoms with Gasteiger partial charge in [-0.3, -0.25) is 0 Å². The van der Waals surface area contributed by atoms with Crippen molar-refractivity contribution < 1.29 is 19.3 Å². The minimum atomic E-state index is -0.583. The van der Waals surface area contributed by atoms with Crippen LogP contribution in [0.1, 0.15) is 0 Å². The number of aliphatic hydroxyl groups is 1. The van der Waals surface area contributed by atoms with Crippen molar-refractivity contribution in [2.75, 3.05) is 46.0 Å². The lowest BCUT2D eigenvalue weighted by Crippen LogP contribution is -2.18. The predicted molar refractivity (Wildman–Crippen MR) is 50.2 cm³/mol. The molecule has 0 aliphatic carbocycles. The van der Waals surface area contributed by atoms with Crippen LogP contribution >= 0.6 is 11.6 Å². The molecule has 80 valence electrons. The van der Waals surface area contributed by atoms with Crippen molar-refractivity contribution in [1.82, 2.24) is 0 Å². The standard InChI is InChI=1S/C8H17ClO4/c1-11-2-3-12-4-5-13-7-8(10)6-9/h8,10H,2-7H2,1H3. The Morgan fingerprint density at radius 3 is 2.38 bits per heavy atom.